The molecule has 1 aliphatic rings. The van der Waals surface area contributed by atoms with Crippen molar-refractivity contribution in [3.63, 3.8) is 0 Å². The standard InChI is InChI=1S/C18H23N3O4S/c1-3-13(2)21(14-8-9-26(24,25)12-14)18(23)11-20-16-7-5-4-6-15(16)19-10-17(20)22/h4-7,10,13-14H,3,8-9,11-12H2,1-2H3/t13-,14+/m0/s1. The number of aromatic nitrogens is 2. The number of para-hydroxylation sites is 2. The Morgan fingerprint density at radius 3 is 2.77 bits per heavy atom. The maximum atomic E-state index is 13.1. The second kappa shape index (κ2) is 7.19. The first-order chi connectivity index (χ1) is 12.3. The smallest absolute Gasteiger partial charge is 0.269 e. The number of hydrogen-bond donors (Lipinski definition) is 0. The van der Waals surface area contributed by atoms with Gasteiger partial charge in [0.15, 0.2) is 9.84 Å². The summed E-state index contributed by atoms with van der Waals surface area (Å²) in [4.78, 5) is 31.1. The summed E-state index contributed by atoms with van der Waals surface area (Å²) < 4.78 is 25.1. The fourth-order valence-electron chi connectivity index (χ4n) is 3.50. The Morgan fingerprint density at radius 2 is 2.12 bits per heavy atom. The highest BCUT2D eigenvalue weighted by Crippen LogP contribution is 2.22. The normalized spacial score (nSPS) is 20.2. The van der Waals surface area contributed by atoms with E-state index in [1.165, 1.54) is 10.8 Å². The molecule has 0 saturated carbocycles. The Hall–Kier alpha value is -2.22. The second-order valence-corrected chi connectivity index (χ2v) is 9.02. The molecule has 1 aliphatic heterocycles. The van der Waals surface area contributed by atoms with Crippen LogP contribution in [-0.4, -0.2) is 52.4 Å². The zero-order chi connectivity index (χ0) is 18.9. The first-order valence-corrected chi connectivity index (χ1v) is 10.6. The monoisotopic (exact) mass is 377 g/mol. The average molecular weight is 377 g/mol. The number of amides is 1. The van der Waals surface area contributed by atoms with Gasteiger partial charge < -0.3 is 4.90 Å². The number of benzene rings is 1. The Bertz CT molecular complexity index is 983. The Morgan fingerprint density at radius 1 is 1.38 bits per heavy atom. The molecule has 2 heterocycles. The van der Waals surface area contributed by atoms with Crippen LogP contribution in [-0.2, 0) is 21.2 Å². The topological polar surface area (TPSA) is 89.3 Å². The van der Waals surface area contributed by atoms with E-state index in [-0.39, 0.29) is 41.6 Å². The van der Waals surface area contributed by atoms with Crippen molar-refractivity contribution in [1.82, 2.24) is 14.5 Å². The van der Waals surface area contributed by atoms with Gasteiger partial charge in [-0.1, -0.05) is 19.1 Å². The highest BCUT2D eigenvalue weighted by atomic mass is 32.2. The minimum absolute atomic E-state index is 0.00489. The van der Waals surface area contributed by atoms with Gasteiger partial charge >= 0.3 is 0 Å². The summed E-state index contributed by atoms with van der Waals surface area (Å²) in [5.41, 5.74) is 0.884. The molecule has 0 unspecified atom stereocenters. The molecule has 1 aromatic heterocycles. The molecule has 0 aliphatic carbocycles. The first kappa shape index (κ1) is 18.6. The molecule has 8 heteroatoms. The minimum Gasteiger partial charge on any atom is -0.334 e. The third-order valence-corrected chi connectivity index (χ3v) is 6.75. The molecular weight excluding hydrogens is 354 g/mol. The second-order valence-electron chi connectivity index (χ2n) is 6.79. The van der Waals surface area contributed by atoms with Crippen LogP contribution >= 0.6 is 0 Å². The van der Waals surface area contributed by atoms with Crippen LogP contribution in [0.5, 0.6) is 0 Å². The van der Waals surface area contributed by atoms with Crippen molar-refractivity contribution in [3.8, 4) is 0 Å². The van der Waals surface area contributed by atoms with Crippen LogP contribution in [0.3, 0.4) is 0 Å². The van der Waals surface area contributed by atoms with Gasteiger partial charge in [0.2, 0.25) is 5.91 Å². The number of hydrogen-bond acceptors (Lipinski definition) is 5. The largest absolute Gasteiger partial charge is 0.334 e. The fourth-order valence-corrected chi connectivity index (χ4v) is 5.21. The zero-order valence-corrected chi connectivity index (χ0v) is 15.8. The van der Waals surface area contributed by atoms with Crippen LogP contribution in [0.25, 0.3) is 11.0 Å². The van der Waals surface area contributed by atoms with Crippen LogP contribution < -0.4 is 5.56 Å². The summed E-state index contributed by atoms with van der Waals surface area (Å²) >= 11 is 0. The molecule has 26 heavy (non-hydrogen) atoms. The van der Waals surface area contributed by atoms with Gasteiger partial charge in [-0.2, -0.15) is 0 Å². The van der Waals surface area contributed by atoms with Crippen LogP contribution in [0, 0.1) is 0 Å². The molecule has 1 saturated heterocycles. The fraction of sp³-hybridized carbons (Fsp3) is 0.500. The third kappa shape index (κ3) is 3.65. The highest BCUT2D eigenvalue weighted by molar-refractivity contribution is 7.91. The number of rotatable bonds is 5. The highest BCUT2D eigenvalue weighted by Gasteiger charge is 2.36. The molecular formula is C18H23N3O4S. The van der Waals surface area contributed by atoms with Gasteiger partial charge in [0.25, 0.3) is 5.56 Å². The van der Waals surface area contributed by atoms with E-state index in [0.717, 1.165) is 0 Å². The van der Waals surface area contributed by atoms with Gasteiger partial charge in [0.1, 0.15) is 6.54 Å². The summed E-state index contributed by atoms with van der Waals surface area (Å²) in [5, 5.41) is 0. The van der Waals surface area contributed by atoms with E-state index < -0.39 is 9.84 Å². The Kier molecular flexibility index (Phi) is 5.13. The summed E-state index contributed by atoms with van der Waals surface area (Å²) in [6.07, 6.45) is 2.38. The van der Waals surface area contributed by atoms with Crippen LogP contribution in [0.2, 0.25) is 0 Å². The molecule has 7 nitrogen and oxygen atoms in total. The van der Waals surface area contributed by atoms with Crippen LogP contribution in [0.4, 0.5) is 0 Å². The molecule has 3 rings (SSSR count). The van der Waals surface area contributed by atoms with Crippen molar-refractivity contribution in [1.29, 1.82) is 0 Å². The lowest BCUT2D eigenvalue weighted by molar-refractivity contribution is -0.136. The third-order valence-electron chi connectivity index (χ3n) is 5.00. The molecule has 2 aromatic rings. The maximum Gasteiger partial charge on any atom is 0.269 e. The average Bonchev–Trinajstić information content (AvgIpc) is 2.96. The minimum atomic E-state index is -3.10. The van der Waals surface area contributed by atoms with Gasteiger partial charge in [0, 0.05) is 12.1 Å². The van der Waals surface area contributed by atoms with E-state index in [4.69, 9.17) is 0 Å². The number of carbonyl (C=O) groups is 1. The lowest BCUT2D eigenvalue weighted by atomic mass is 10.1. The predicted molar refractivity (Wildman–Crippen MR) is 99.7 cm³/mol. The number of nitrogens with zero attached hydrogens (tertiary/aromatic N) is 3. The molecule has 140 valence electrons. The van der Waals surface area contributed by atoms with E-state index >= 15 is 0 Å². The van der Waals surface area contributed by atoms with Gasteiger partial charge in [-0.3, -0.25) is 14.2 Å². The van der Waals surface area contributed by atoms with Gasteiger partial charge in [-0.05, 0) is 31.9 Å². The van der Waals surface area contributed by atoms with E-state index in [1.807, 2.05) is 19.9 Å². The molecule has 0 spiro atoms. The Labute approximate surface area is 152 Å². The first-order valence-electron chi connectivity index (χ1n) is 8.78. The molecule has 0 radical (unpaired) electrons. The van der Waals surface area contributed by atoms with E-state index in [2.05, 4.69) is 4.98 Å². The number of carbonyl (C=O) groups excluding carboxylic acids is 1. The lowest BCUT2D eigenvalue weighted by Gasteiger charge is -2.34. The molecule has 1 aromatic carbocycles. The van der Waals surface area contributed by atoms with Gasteiger partial charge in [-0.15, -0.1) is 0 Å². The van der Waals surface area contributed by atoms with E-state index in [9.17, 15) is 18.0 Å². The van der Waals surface area contributed by atoms with Crippen LogP contribution in [0.15, 0.2) is 35.3 Å². The SMILES string of the molecule is CC[C@H](C)N(C(=O)Cn1c(=O)cnc2ccccc21)[C@@H]1CCS(=O)(=O)C1. The molecule has 2 atom stereocenters. The molecule has 1 fully saturated rings. The van der Waals surface area contributed by atoms with Gasteiger partial charge in [-0.25, -0.2) is 13.4 Å². The molecule has 1 amide bonds. The van der Waals surface area contributed by atoms with E-state index in [1.54, 1.807) is 23.1 Å². The van der Waals surface area contributed by atoms with Crippen LogP contribution in [0.1, 0.15) is 26.7 Å². The predicted octanol–water partition coefficient (Wildman–Crippen LogP) is 1.21. The number of sulfone groups is 1. The molecule has 0 N–H and O–H groups in total. The summed E-state index contributed by atoms with van der Waals surface area (Å²) in [7, 11) is -3.10. The summed E-state index contributed by atoms with van der Waals surface area (Å²) in [5.74, 6) is -0.134. The zero-order valence-electron chi connectivity index (χ0n) is 15.0. The van der Waals surface area contributed by atoms with Crippen molar-refractivity contribution in [2.24, 2.45) is 0 Å². The van der Waals surface area contributed by atoms with E-state index in [0.29, 0.717) is 23.9 Å². The van der Waals surface area contributed by atoms with Crippen molar-refractivity contribution >= 4 is 26.8 Å². The maximum absolute atomic E-state index is 13.1. The lowest BCUT2D eigenvalue weighted by Crippen LogP contribution is -2.48. The van der Waals surface area contributed by atoms with Crippen molar-refractivity contribution in [2.45, 2.75) is 45.3 Å². The molecule has 0 bridgehead atoms. The quantitative estimate of drug-likeness (QED) is 0.781. The van der Waals surface area contributed by atoms with Gasteiger partial charge in [0.05, 0.1) is 28.7 Å². The number of fused-ring (bicyclic) bond motifs is 1. The van der Waals surface area contributed by atoms with Crippen molar-refractivity contribution in [2.75, 3.05) is 11.5 Å². The Balaban J connectivity index is 1.94. The summed E-state index contributed by atoms with van der Waals surface area (Å²) in [6, 6.07) is 6.73. The van der Waals surface area contributed by atoms with Crippen molar-refractivity contribution < 1.29 is 13.2 Å². The van der Waals surface area contributed by atoms with Crippen molar-refractivity contribution in [3.05, 3.63) is 40.8 Å². The summed E-state index contributed by atoms with van der Waals surface area (Å²) in [6.45, 7) is 3.75.